The lowest BCUT2D eigenvalue weighted by atomic mass is 10.1. The van der Waals surface area contributed by atoms with Crippen molar-refractivity contribution in [1.82, 2.24) is 0 Å². The van der Waals surface area contributed by atoms with Crippen LogP contribution in [0.4, 0.5) is 5.69 Å². The lowest BCUT2D eigenvalue weighted by molar-refractivity contribution is 0.0697. The molecule has 0 atom stereocenters. The third-order valence-electron chi connectivity index (χ3n) is 2.81. The molecule has 2 aromatic carbocycles. The highest BCUT2D eigenvalue weighted by atomic mass is 16.6. The van der Waals surface area contributed by atoms with Crippen LogP contribution in [0, 0.1) is 0 Å². The highest BCUT2D eigenvalue weighted by molar-refractivity contribution is 5.97. The number of nitrogens with two attached hydrogens (primary N) is 1. The van der Waals surface area contributed by atoms with Gasteiger partial charge in [0.1, 0.15) is 0 Å². The second-order valence-electron chi connectivity index (χ2n) is 4.12. The molecule has 0 unspecified atom stereocenters. The maximum Gasteiger partial charge on any atom is 0.343 e. The summed E-state index contributed by atoms with van der Waals surface area (Å²) in [7, 11) is 1.32. The highest BCUT2D eigenvalue weighted by Gasteiger charge is 2.19. The third kappa shape index (κ3) is 2.94. The van der Waals surface area contributed by atoms with Gasteiger partial charge in [-0.2, -0.15) is 0 Å². The number of carboxylic acid groups (broad SMARTS) is 1. The molecule has 0 spiro atoms. The fourth-order valence-corrected chi connectivity index (χ4v) is 1.79. The van der Waals surface area contributed by atoms with Gasteiger partial charge in [-0.25, -0.2) is 9.59 Å². The maximum atomic E-state index is 12.0. The predicted molar refractivity (Wildman–Crippen MR) is 75.8 cm³/mol. The summed E-state index contributed by atoms with van der Waals surface area (Å²) in [5.41, 5.74) is 5.86. The number of benzene rings is 2. The minimum atomic E-state index is -1.19. The molecule has 6 nitrogen and oxygen atoms in total. The second kappa shape index (κ2) is 5.96. The van der Waals surface area contributed by atoms with E-state index in [1.54, 1.807) is 30.3 Å². The third-order valence-corrected chi connectivity index (χ3v) is 2.81. The van der Waals surface area contributed by atoms with Gasteiger partial charge in [0.15, 0.2) is 11.5 Å². The van der Waals surface area contributed by atoms with Crippen LogP contribution < -0.4 is 15.2 Å². The van der Waals surface area contributed by atoms with E-state index in [1.807, 2.05) is 0 Å². The molecule has 0 saturated heterocycles. The largest absolute Gasteiger partial charge is 0.491 e. The molecule has 3 N–H and O–H groups in total. The van der Waals surface area contributed by atoms with Crippen molar-refractivity contribution in [2.75, 3.05) is 12.8 Å². The molecule has 0 aliphatic rings. The van der Waals surface area contributed by atoms with Crippen LogP contribution in [-0.4, -0.2) is 24.2 Å². The number of esters is 1. The summed E-state index contributed by atoms with van der Waals surface area (Å²) >= 11 is 0. The number of anilines is 1. The minimum Gasteiger partial charge on any atom is -0.491 e. The number of rotatable bonds is 4. The Hall–Kier alpha value is -3.02. The second-order valence-corrected chi connectivity index (χ2v) is 4.12. The standard InChI is InChI=1S/C15H13NO5/c1-20-13-11(8-7-10(12(13)16)14(17)18)21-15(19)9-5-3-2-4-6-9/h2-8H,16H2,1H3,(H,17,18). The summed E-state index contributed by atoms with van der Waals surface area (Å²) in [5, 5.41) is 8.99. The molecule has 0 aliphatic heterocycles. The Morgan fingerprint density at radius 2 is 1.76 bits per heavy atom. The van der Waals surface area contributed by atoms with E-state index >= 15 is 0 Å². The summed E-state index contributed by atoms with van der Waals surface area (Å²) in [5.74, 6) is -1.70. The smallest absolute Gasteiger partial charge is 0.343 e. The van der Waals surface area contributed by atoms with Crippen LogP contribution in [0.25, 0.3) is 0 Å². The zero-order valence-corrected chi connectivity index (χ0v) is 11.2. The molecular weight excluding hydrogens is 274 g/mol. The van der Waals surface area contributed by atoms with E-state index in [9.17, 15) is 9.59 Å². The van der Waals surface area contributed by atoms with Crippen LogP contribution in [0.3, 0.4) is 0 Å². The molecule has 21 heavy (non-hydrogen) atoms. The van der Waals surface area contributed by atoms with E-state index in [0.717, 1.165) is 0 Å². The van der Waals surface area contributed by atoms with Gasteiger partial charge in [-0.05, 0) is 24.3 Å². The zero-order valence-electron chi connectivity index (χ0n) is 11.2. The molecule has 0 aliphatic carbocycles. The summed E-state index contributed by atoms with van der Waals surface area (Å²) in [4.78, 5) is 23.0. The fraction of sp³-hybridized carbons (Fsp3) is 0.0667. The highest BCUT2D eigenvalue weighted by Crippen LogP contribution is 2.36. The SMILES string of the molecule is COc1c(OC(=O)c2ccccc2)ccc(C(=O)O)c1N. The van der Waals surface area contributed by atoms with Crippen LogP contribution in [0.5, 0.6) is 11.5 Å². The van der Waals surface area contributed by atoms with Crippen molar-refractivity contribution < 1.29 is 24.2 Å². The van der Waals surface area contributed by atoms with E-state index < -0.39 is 11.9 Å². The van der Waals surface area contributed by atoms with E-state index in [2.05, 4.69) is 0 Å². The van der Waals surface area contributed by atoms with E-state index in [-0.39, 0.29) is 22.7 Å². The number of carbonyl (C=O) groups is 2. The van der Waals surface area contributed by atoms with Crippen LogP contribution in [0.15, 0.2) is 42.5 Å². The van der Waals surface area contributed by atoms with Crippen molar-refractivity contribution >= 4 is 17.6 Å². The van der Waals surface area contributed by atoms with Gasteiger partial charge in [-0.15, -0.1) is 0 Å². The molecule has 0 radical (unpaired) electrons. The number of methoxy groups -OCH3 is 1. The lowest BCUT2D eigenvalue weighted by Gasteiger charge is -2.13. The monoisotopic (exact) mass is 287 g/mol. The molecule has 2 aromatic rings. The van der Waals surface area contributed by atoms with Crippen molar-refractivity contribution in [2.24, 2.45) is 0 Å². The number of nitrogen functional groups attached to an aromatic ring is 1. The average Bonchev–Trinajstić information content (AvgIpc) is 2.48. The van der Waals surface area contributed by atoms with Crippen LogP contribution in [0.2, 0.25) is 0 Å². The van der Waals surface area contributed by atoms with Crippen LogP contribution >= 0.6 is 0 Å². The van der Waals surface area contributed by atoms with E-state index in [0.29, 0.717) is 5.56 Å². The quantitative estimate of drug-likeness (QED) is 0.508. The number of hydrogen-bond acceptors (Lipinski definition) is 5. The summed E-state index contributed by atoms with van der Waals surface area (Å²) < 4.78 is 10.2. The number of aromatic carboxylic acids is 1. The Morgan fingerprint density at radius 3 is 2.33 bits per heavy atom. The summed E-state index contributed by atoms with van der Waals surface area (Å²) in [6, 6.07) is 11.0. The molecular formula is C15H13NO5. The summed E-state index contributed by atoms with van der Waals surface area (Å²) in [6.07, 6.45) is 0. The molecule has 0 bridgehead atoms. The molecule has 2 rings (SSSR count). The molecule has 0 aromatic heterocycles. The van der Waals surface area contributed by atoms with Gasteiger partial charge in [0.2, 0.25) is 0 Å². The topological polar surface area (TPSA) is 98.8 Å². The number of carbonyl (C=O) groups excluding carboxylic acids is 1. The van der Waals surface area contributed by atoms with Gasteiger partial charge in [-0.3, -0.25) is 0 Å². The van der Waals surface area contributed by atoms with Gasteiger partial charge in [0.05, 0.1) is 23.9 Å². The number of hydrogen-bond donors (Lipinski definition) is 2. The molecule has 108 valence electrons. The van der Waals surface area contributed by atoms with Crippen molar-refractivity contribution in [3.8, 4) is 11.5 Å². The van der Waals surface area contributed by atoms with Crippen molar-refractivity contribution in [2.45, 2.75) is 0 Å². The fourth-order valence-electron chi connectivity index (χ4n) is 1.79. The Labute approximate surface area is 120 Å². The van der Waals surface area contributed by atoms with Crippen LogP contribution in [-0.2, 0) is 0 Å². The van der Waals surface area contributed by atoms with Crippen molar-refractivity contribution in [3.63, 3.8) is 0 Å². The van der Waals surface area contributed by atoms with Gasteiger partial charge < -0.3 is 20.3 Å². The first-order valence-electron chi connectivity index (χ1n) is 6.01. The van der Waals surface area contributed by atoms with Crippen molar-refractivity contribution in [1.29, 1.82) is 0 Å². The molecule has 6 heteroatoms. The molecule has 0 saturated carbocycles. The number of carboxylic acids is 1. The predicted octanol–water partition coefficient (Wildman–Crippen LogP) is 2.19. The maximum absolute atomic E-state index is 12.0. The van der Waals surface area contributed by atoms with Crippen LogP contribution in [0.1, 0.15) is 20.7 Å². The lowest BCUT2D eigenvalue weighted by Crippen LogP contribution is -2.11. The average molecular weight is 287 g/mol. The zero-order chi connectivity index (χ0) is 15.4. The molecule has 0 amide bonds. The first-order valence-corrected chi connectivity index (χ1v) is 6.01. The van der Waals surface area contributed by atoms with Crippen molar-refractivity contribution in [3.05, 3.63) is 53.6 Å². The molecule has 0 heterocycles. The van der Waals surface area contributed by atoms with E-state index in [1.165, 1.54) is 19.2 Å². The van der Waals surface area contributed by atoms with Gasteiger partial charge in [-0.1, -0.05) is 18.2 Å². The van der Waals surface area contributed by atoms with Gasteiger partial charge >= 0.3 is 11.9 Å². The minimum absolute atomic E-state index is 0.0131. The Kier molecular flexibility index (Phi) is 4.08. The first-order chi connectivity index (χ1) is 10.0. The van der Waals surface area contributed by atoms with Gasteiger partial charge in [0.25, 0.3) is 0 Å². The Bertz CT molecular complexity index is 682. The molecule has 0 fully saturated rings. The normalized spacial score (nSPS) is 9.95. The summed E-state index contributed by atoms with van der Waals surface area (Å²) in [6.45, 7) is 0. The Morgan fingerprint density at radius 1 is 1.10 bits per heavy atom. The van der Waals surface area contributed by atoms with Gasteiger partial charge in [0, 0.05) is 0 Å². The van der Waals surface area contributed by atoms with E-state index in [4.69, 9.17) is 20.3 Å². The number of ether oxygens (including phenoxy) is 2. The Balaban J connectivity index is 2.35. The first kappa shape index (κ1) is 14.4.